The molecule has 0 saturated heterocycles. The fourth-order valence-corrected chi connectivity index (χ4v) is 8.99. The van der Waals surface area contributed by atoms with Gasteiger partial charge in [0.15, 0.2) is 0 Å². The van der Waals surface area contributed by atoms with E-state index in [2.05, 4.69) is 49.5 Å². The molecule has 4 aliphatic rings. The number of carbonyl (C=O) groups is 2. The van der Waals surface area contributed by atoms with Crippen LogP contribution in [0.2, 0.25) is 5.02 Å². The summed E-state index contributed by atoms with van der Waals surface area (Å²) in [6, 6.07) is 11.6. The Kier molecular flexibility index (Phi) is 10.3. The number of benzene rings is 2. The van der Waals surface area contributed by atoms with Crippen molar-refractivity contribution in [3.8, 4) is 5.75 Å². The van der Waals surface area contributed by atoms with Crippen molar-refractivity contribution in [2.24, 2.45) is 35.1 Å². The van der Waals surface area contributed by atoms with Crippen molar-refractivity contribution < 1.29 is 23.3 Å². The highest BCUT2D eigenvalue weighted by atomic mass is 35.5. The van der Waals surface area contributed by atoms with Crippen LogP contribution in [0.4, 0.5) is 5.69 Å². The Hall–Kier alpha value is -3.71. The highest BCUT2D eigenvalue weighted by Gasteiger charge is 2.41. The third-order valence-electron chi connectivity index (χ3n) is 10.8. The number of halogens is 1. The summed E-state index contributed by atoms with van der Waals surface area (Å²) in [5.41, 5.74) is 9.59. The molecule has 2 aliphatic heterocycles. The lowest BCUT2D eigenvalue weighted by Crippen LogP contribution is -2.48. The smallest absolute Gasteiger partial charge is 0.285 e. The summed E-state index contributed by atoms with van der Waals surface area (Å²) in [4.78, 5) is 28.9. The first-order valence-corrected chi connectivity index (χ1v) is 19.1. The second-order valence-corrected chi connectivity index (χ2v) is 15.9. The van der Waals surface area contributed by atoms with Gasteiger partial charge in [0.1, 0.15) is 11.1 Å². The molecule has 1 aromatic heterocycles. The fourth-order valence-electron chi connectivity index (χ4n) is 7.66. The van der Waals surface area contributed by atoms with E-state index in [1.54, 1.807) is 26.4 Å². The maximum atomic E-state index is 13.9. The number of hydrogen-bond donors (Lipinski definition) is 3. The first-order chi connectivity index (χ1) is 24.2. The van der Waals surface area contributed by atoms with E-state index in [1.165, 1.54) is 22.0 Å². The molecule has 266 valence electrons. The van der Waals surface area contributed by atoms with E-state index < -0.39 is 27.8 Å². The van der Waals surface area contributed by atoms with Crippen molar-refractivity contribution in [3.05, 3.63) is 88.2 Å². The summed E-state index contributed by atoms with van der Waals surface area (Å²) in [6.45, 7) is 3.88. The van der Waals surface area contributed by atoms with Gasteiger partial charge < -0.3 is 14.4 Å². The number of hydrogen-bond acceptors (Lipinski definition) is 8. The van der Waals surface area contributed by atoms with Crippen molar-refractivity contribution in [2.75, 3.05) is 25.2 Å². The quantitative estimate of drug-likeness (QED) is 0.179. The minimum atomic E-state index is -2.50. The Morgan fingerprint density at radius 1 is 1.14 bits per heavy atom. The van der Waals surface area contributed by atoms with E-state index in [4.69, 9.17) is 21.1 Å². The van der Waals surface area contributed by atoms with Crippen molar-refractivity contribution in [1.82, 2.24) is 20.6 Å². The van der Waals surface area contributed by atoms with Gasteiger partial charge in [0.05, 0.1) is 40.8 Å². The van der Waals surface area contributed by atoms with E-state index in [-0.39, 0.29) is 12.0 Å². The number of aryl methyl sites for hydroxylation is 1. The van der Waals surface area contributed by atoms with E-state index >= 15 is 0 Å². The molecule has 0 radical (unpaired) electrons. The molecule has 8 atom stereocenters. The molecule has 7 rings (SSSR count). The molecule has 2 amide bonds. The van der Waals surface area contributed by atoms with Crippen LogP contribution < -0.4 is 20.5 Å². The maximum Gasteiger partial charge on any atom is 0.285 e. The number of thiol groups is 1. The topological polar surface area (TPSA) is 127 Å². The SMILES string of the molecule is CO[C@H]1/C=C/C[C@H](C)[C@@H](NNC(=O)c2cnn(C)c2)/[SH](=O)=N\C(=O)c2ccc3c(c2)N(Cc2ccc(Cl)cc2[C@H]2C[C@H]2CCO3)C[C@@H]2CC[C@H]21. The number of carbonyl (C=O) groups excluding carboxylic acids is 2. The van der Waals surface area contributed by atoms with Crippen molar-refractivity contribution in [2.45, 2.75) is 63.0 Å². The van der Waals surface area contributed by atoms with Crippen LogP contribution in [-0.2, 0) is 28.9 Å². The monoisotopic (exact) mass is 720 g/mol. The molecular formula is C37H45ClN6O5S. The molecule has 13 heteroatoms. The van der Waals surface area contributed by atoms with Gasteiger partial charge in [0, 0.05) is 44.0 Å². The molecule has 2 N–H and O–H groups in total. The summed E-state index contributed by atoms with van der Waals surface area (Å²) >= 11 is 6.53. The highest BCUT2D eigenvalue weighted by Crippen LogP contribution is 2.52. The number of fused-ring (bicyclic) bond motifs is 5. The number of amides is 2. The number of nitrogens with one attached hydrogen (secondary N) is 2. The standard InChI is InChI=1S/C37H45ClN6O5S/c1-22-5-4-6-33(48-3)29-11-8-25(29)20-44-21-26-7-10-28(38)17-31(26)30-15-23(30)13-14-49-34-12-9-24(16-32(34)44)36(46)42-50(47)37(22)41-40-35(45)27-18-39-43(2)19-27/h4,6-7,9-10,12,16-19,22-23,25,29-30,33,37,41,50H,5,8,11,13-15,20-21H2,1-3H3,(H,40,45)/b6-4+/t22-,23+,25-,29+,30-,33-,37-/m0/s1. The molecule has 0 spiro atoms. The molecule has 50 heavy (non-hydrogen) atoms. The molecule has 2 bridgehead atoms. The largest absolute Gasteiger partial charge is 0.491 e. The number of methoxy groups -OCH3 is 1. The molecule has 11 nitrogen and oxygen atoms in total. The number of allylic oxidation sites excluding steroid dienone is 1. The van der Waals surface area contributed by atoms with E-state index in [9.17, 15) is 13.8 Å². The van der Waals surface area contributed by atoms with Crippen LogP contribution in [0.5, 0.6) is 5.75 Å². The zero-order valence-electron chi connectivity index (χ0n) is 28.6. The van der Waals surface area contributed by atoms with Crippen LogP contribution in [-0.4, -0.2) is 57.5 Å². The first kappa shape index (κ1) is 34.7. The van der Waals surface area contributed by atoms with Gasteiger partial charge in [-0.1, -0.05) is 36.7 Å². The molecule has 3 heterocycles. The number of aromatic nitrogens is 2. The molecular weight excluding hydrogens is 676 g/mol. The molecule has 1 unspecified atom stereocenters. The summed E-state index contributed by atoms with van der Waals surface area (Å²) in [6.07, 6.45) is 11.8. The van der Waals surface area contributed by atoms with Crippen LogP contribution in [0.1, 0.15) is 76.8 Å². The van der Waals surface area contributed by atoms with Crippen molar-refractivity contribution in [3.63, 3.8) is 0 Å². The third kappa shape index (κ3) is 7.49. The number of nitrogens with zero attached hydrogens (tertiary/aromatic N) is 4. The molecule has 3 aromatic rings. The molecule has 2 aliphatic carbocycles. The lowest BCUT2D eigenvalue weighted by atomic mass is 9.70. The molecule has 2 aromatic carbocycles. The first-order valence-electron chi connectivity index (χ1n) is 17.4. The minimum absolute atomic E-state index is 0.0881. The van der Waals surface area contributed by atoms with Crippen LogP contribution in [0.3, 0.4) is 0 Å². The van der Waals surface area contributed by atoms with Gasteiger partial charge in [-0.2, -0.15) is 9.46 Å². The number of ether oxygens (including phenoxy) is 2. The van der Waals surface area contributed by atoms with Crippen LogP contribution in [0.25, 0.3) is 0 Å². The summed E-state index contributed by atoms with van der Waals surface area (Å²) in [7, 11) is 0.975. The lowest BCUT2D eigenvalue weighted by molar-refractivity contribution is 0.0133. The second-order valence-electron chi connectivity index (χ2n) is 14.1. The lowest BCUT2D eigenvalue weighted by Gasteiger charge is -2.43. The zero-order valence-corrected chi connectivity index (χ0v) is 30.3. The highest BCUT2D eigenvalue weighted by molar-refractivity contribution is 7.75. The normalized spacial score (nSPS) is 30.5. The molecule has 2 fully saturated rings. The van der Waals surface area contributed by atoms with Gasteiger partial charge in [-0.05, 0) is 103 Å². The molecule has 2 saturated carbocycles. The predicted molar refractivity (Wildman–Crippen MR) is 194 cm³/mol. The van der Waals surface area contributed by atoms with Gasteiger partial charge in [-0.25, -0.2) is 5.43 Å². The van der Waals surface area contributed by atoms with Gasteiger partial charge in [0.2, 0.25) is 0 Å². The average Bonchev–Trinajstić information content (AvgIpc) is 3.73. The van der Waals surface area contributed by atoms with Gasteiger partial charge in [-0.15, -0.1) is 0 Å². The van der Waals surface area contributed by atoms with Gasteiger partial charge in [0.25, 0.3) is 11.8 Å². The Balaban J connectivity index is 1.26. The summed E-state index contributed by atoms with van der Waals surface area (Å²) in [5.74, 6) is 1.13. The maximum absolute atomic E-state index is 13.9. The Bertz CT molecular complexity index is 1870. The van der Waals surface area contributed by atoms with Gasteiger partial charge in [-0.3, -0.25) is 23.9 Å². The fraction of sp³-hybridized carbons (Fsp3) is 0.486. The van der Waals surface area contributed by atoms with E-state index in [0.29, 0.717) is 60.1 Å². The Labute approximate surface area is 299 Å². The minimum Gasteiger partial charge on any atom is -0.491 e. The second kappa shape index (κ2) is 14.9. The predicted octanol–water partition coefficient (Wildman–Crippen LogP) is 5.67. The Morgan fingerprint density at radius 2 is 2.00 bits per heavy atom. The zero-order chi connectivity index (χ0) is 34.9. The van der Waals surface area contributed by atoms with Crippen LogP contribution in [0.15, 0.2) is 65.3 Å². The number of rotatable bonds is 4. The van der Waals surface area contributed by atoms with E-state index in [1.807, 2.05) is 25.1 Å². The van der Waals surface area contributed by atoms with Gasteiger partial charge >= 0.3 is 0 Å². The number of anilines is 1. The summed E-state index contributed by atoms with van der Waals surface area (Å²) in [5, 5.41) is 3.97. The summed E-state index contributed by atoms with van der Waals surface area (Å²) < 4.78 is 32.1. The Morgan fingerprint density at radius 3 is 2.76 bits per heavy atom. The third-order valence-corrected chi connectivity index (χ3v) is 12.5. The van der Waals surface area contributed by atoms with Crippen molar-refractivity contribution in [1.29, 1.82) is 0 Å². The number of hydrazine groups is 1. The van der Waals surface area contributed by atoms with Crippen molar-refractivity contribution >= 4 is 39.7 Å². The average molecular weight is 721 g/mol. The van der Waals surface area contributed by atoms with Crippen LogP contribution in [0, 0.1) is 23.7 Å². The van der Waals surface area contributed by atoms with Crippen LogP contribution >= 0.6 is 11.6 Å². The van der Waals surface area contributed by atoms with E-state index in [0.717, 1.165) is 42.9 Å².